The Kier molecular flexibility index (Phi) is 4.45. The number of hydrogen-bond acceptors (Lipinski definition) is 3. The van der Waals surface area contributed by atoms with E-state index in [4.69, 9.17) is 5.10 Å². The zero-order valence-corrected chi connectivity index (χ0v) is 14.0. The summed E-state index contributed by atoms with van der Waals surface area (Å²) in [6, 6.07) is 5.42. The molecule has 2 unspecified atom stereocenters. The van der Waals surface area contributed by atoms with Gasteiger partial charge in [0.05, 0.1) is 5.69 Å². The largest absolute Gasteiger partial charge is 0.316 e. The Balaban J connectivity index is 1.77. The van der Waals surface area contributed by atoms with Crippen molar-refractivity contribution in [3.63, 3.8) is 0 Å². The van der Waals surface area contributed by atoms with Gasteiger partial charge in [-0.3, -0.25) is 4.68 Å². The number of hydrogen-bond donors (Lipinski definition) is 1. The van der Waals surface area contributed by atoms with Crippen LogP contribution in [0.4, 0.5) is 0 Å². The average Bonchev–Trinajstić information content (AvgIpc) is 3.13. The molecule has 1 aliphatic carbocycles. The number of nitrogens with zero attached hydrogens (tertiary/aromatic N) is 2. The Hall–Kier alpha value is -1.13. The molecule has 21 heavy (non-hydrogen) atoms. The van der Waals surface area contributed by atoms with Gasteiger partial charge in [0.2, 0.25) is 0 Å². The van der Waals surface area contributed by atoms with Crippen LogP contribution in [0.25, 0.3) is 0 Å². The zero-order valence-electron chi connectivity index (χ0n) is 13.2. The fourth-order valence-corrected chi connectivity index (χ4v) is 4.38. The van der Waals surface area contributed by atoms with E-state index in [0.29, 0.717) is 18.0 Å². The molecule has 0 saturated carbocycles. The second kappa shape index (κ2) is 6.32. The van der Waals surface area contributed by atoms with Gasteiger partial charge in [0.25, 0.3) is 0 Å². The minimum atomic E-state index is 0.435. The van der Waals surface area contributed by atoms with Gasteiger partial charge in [-0.25, -0.2) is 0 Å². The van der Waals surface area contributed by atoms with Crippen LogP contribution in [0, 0.1) is 0 Å². The maximum absolute atomic E-state index is 4.72. The van der Waals surface area contributed by atoms with E-state index in [1.54, 1.807) is 10.4 Å². The molecule has 1 N–H and O–H groups in total. The van der Waals surface area contributed by atoms with Crippen molar-refractivity contribution in [3.8, 4) is 0 Å². The van der Waals surface area contributed by atoms with Crippen molar-refractivity contribution in [2.24, 2.45) is 0 Å². The Morgan fingerprint density at radius 3 is 3.00 bits per heavy atom. The van der Waals surface area contributed by atoms with Crippen LogP contribution in [0.1, 0.15) is 54.8 Å². The van der Waals surface area contributed by atoms with Crippen molar-refractivity contribution >= 4 is 11.3 Å². The molecule has 0 aliphatic heterocycles. The summed E-state index contributed by atoms with van der Waals surface area (Å²) in [5, 5.41) is 10.5. The third-order valence-electron chi connectivity index (χ3n) is 4.58. The second-order valence-electron chi connectivity index (χ2n) is 6.28. The molecule has 3 nitrogen and oxygen atoms in total. The lowest BCUT2D eigenvalue weighted by molar-refractivity contribution is 0.408. The molecule has 114 valence electrons. The number of fused-ring (bicyclic) bond motifs is 1. The van der Waals surface area contributed by atoms with Crippen LogP contribution in [0.2, 0.25) is 0 Å². The van der Waals surface area contributed by atoms with Gasteiger partial charge in [0, 0.05) is 35.5 Å². The van der Waals surface area contributed by atoms with Crippen molar-refractivity contribution < 1.29 is 0 Å². The van der Waals surface area contributed by atoms with Crippen LogP contribution in [0.15, 0.2) is 23.7 Å². The first-order valence-electron chi connectivity index (χ1n) is 7.96. The van der Waals surface area contributed by atoms with E-state index < -0.39 is 0 Å². The Morgan fingerprint density at radius 2 is 2.29 bits per heavy atom. The second-order valence-corrected chi connectivity index (χ2v) is 7.28. The standard InChI is InChI=1S/C17H25N3S/c1-12(2)20-9-7-13(19-20)11-16(18-3)14-5-4-6-17-15(14)8-10-21-17/h7-10,12,14,16,18H,4-6,11H2,1-3H3. The Bertz CT molecular complexity index is 584. The van der Waals surface area contributed by atoms with Crippen LogP contribution in [-0.2, 0) is 12.8 Å². The molecule has 2 aromatic rings. The number of likely N-dealkylation sites (N-methyl/N-ethyl adjacent to an activating group) is 1. The summed E-state index contributed by atoms with van der Waals surface area (Å²) in [6.07, 6.45) is 6.98. The van der Waals surface area contributed by atoms with E-state index >= 15 is 0 Å². The molecule has 4 heteroatoms. The molecule has 0 saturated heterocycles. The minimum absolute atomic E-state index is 0.435. The lowest BCUT2D eigenvalue weighted by atomic mass is 9.81. The van der Waals surface area contributed by atoms with E-state index in [0.717, 1.165) is 6.42 Å². The van der Waals surface area contributed by atoms with Gasteiger partial charge in [0.1, 0.15) is 0 Å². The highest BCUT2D eigenvalue weighted by atomic mass is 32.1. The summed E-state index contributed by atoms with van der Waals surface area (Å²) in [5.41, 5.74) is 2.78. The summed E-state index contributed by atoms with van der Waals surface area (Å²) >= 11 is 1.92. The molecule has 0 aromatic carbocycles. The van der Waals surface area contributed by atoms with Gasteiger partial charge < -0.3 is 5.32 Å². The number of aromatic nitrogens is 2. The van der Waals surface area contributed by atoms with Gasteiger partial charge in [-0.15, -0.1) is 11.3 Å². The lowest BCUT2D eigenvalue weighted by Crippen LogP contribution is -2.35. The molecule has 2 atom stereocenters. The zero-order chi connectivity index (χ0) is 14.8. The fraction of sp³-hybridized carbons (Fsp3) is 0.588. The first-order valence-corrected chi connectivity index (χ1v) is 8.84. The fourth-order valence-electron chi connectivity index (χ4n) is 3.38. The molecule has 2 heterocycles. The van der Waals surface area contributed by atoms with E-state index in [1.807, 2.05) is 11.3 Å². The number of nitrogens with one attached hydrogen (secondary N) is 1. The SMILES string of the molecule is CNC(Cc1ccn(C(C)C)n1)C1CCCc2sccc21. The van der Waals surface area contributed by atoms with Crippen LogP contribution in [0.3, 0.4) is 0 Å². The Labute approximate surface area is 131 Å². The monoisotopic (exact) mass is 303 g/mol. The Morgan fingerprint density at radius 1 is 1.43 bits per heavy atom. The summed E-state index contributed by atoms with van der Waals surface area (Å²) in [4.78, 5) is 1.60. The highest BCUT2D eigenvalue weighted by Crippen LogP contribution is 2.37. The van der Waals surface area contributed by atoms with Crippen molar-refractivity contribution in [2.45, 2.75) is 57.5 Å². The maximum Gasteiger partial charge on any atom is 0.0640 e. The van der Waals surface area contributed by atoms with Crippen LogP contribution in [-0.4, -0.2) is 22.9 Å². The van der Waals surface area contributed by atoms with Crippen LogP contribution < -0.4 is 5.32 Å². The average molecular weight is 303 g/mol. The summed E-state index contributed by atoms with van der Waals surface area (Å²) < 4.78 is 2.05. The molecular formula is C17H25N3S. The number of aryl methyl sites for hydroxylation is 1. The van der Waals surface area contributed by atoms with Gasteiger partial charge in [0.15, 0.2) is 0 Å². The molecule has 3 rings (SSSR count). The summed E-state index contributed by atoms with van der Waals surface area (Å²) in [7, 11) is 2.09. The van der Waals surface area contributed by atoms with Crippen LogP contribution in [0.5, 0.6) is 0 Å². The molecular weight excluding hydrogens is 278 g/mol. The molecule has 0 radical (unpaired) electrons. The quantitative estimate of drug-likeness (QED) is 0.911. The predicted octanol–water partition coefficient (Wildman–Crippen LogP) is 3.78. The first kappa shape index (κ1) is 14.8. The third-order valence-corrected chi connectivity index (χ3v) is 5.57. The van der Waals surface area contributed by atoms with E-state index in [9.17, 15) is 0 Å². The summed E-state index contributed by atoms with van der Waals surface area (Å²) in [5.74, 6) is 0.634. The molecule has 0 bridgehead atoms. The van der Waals surface area contributed by atoms with Gasteiger partial charge in [-0.2, -0.15) is 5.10 Å². The van der Waals surface area contributed by atoms with E-state index in [2.05, 4.69) is 54.6 Å². The summed E-state index contributed by atoms with van der Waals surface area (Å²) in [6.45, 7) is 4.34. The third kappa shape index (κ3) is 3.06. The predicted molar refractivity (Wildman–Crippen MR) is 89.2 cm³/mol. The maximum atomic E-state index is 4.72. The molecule has 2 aromatic heterocycles. The van der Waals surface area contributed by atoms with Gasteiger partial charge in [-0.05, 0) is 63.2 Å². The number of rotatable bonds is 5. The van der Waals surface area contributed by atoms with Crippen molar-refractivity contribution in [1.29, 1.82) is 0 Å². The van der Waals surface area contributed by atoms with Gasteiger partial charge >= 0.3 is 0 Å². The van der Waals surface area contributed by atoms with Gasteiger partial charge in [-0.1, -0.05) is 0 Å². The van der Waals surface area contributed by atoms with Crippen molar-refractivity contribution in [1.82, 2.24) is 15.1 Å². The molecule has 0 spiro atoms. The molecule has 0 amide bonds. The highest BCUT2D eigenvalue weighted by molar-refractivity contribution is 7.10. The number of thiophene rings is 1. The highest BCUT2D eigenvalue weighted by Gasteiger charge is 2.28. The first-order chi connectivity index (χ1) is 10.2. The lowest BCUT2D eigenvalue weighted by Gasteiger charge is -2.30. The van der Waals surface area contributed by atoms with E-state index in [-0.39, 0.29) is 0 Å². The van der Waals surface area contributed by atoms with Crippen LogP contribution >= 0.6 is 11.3 Å². The molecule has 0 fully saturated rings. The van der Waals surface area contributed by atoms with E-state index in [1.165, 1.54) is 25.0 Å². The topological polar surface area (TPSA) is 29.9 Å². The smallest absolute Gasteiger partial charge is 0.0640 e. The minimum Gasteiger partial charge on any atom is -0.316 e. The van der Waals surface area contributed by atoms with Crippen molar-refractivity contribution in [2.75, 3.05) is 7.05 Å². The van der Waals surface area contributed by atoms with Crippen molar-refractivity contribution in [3.05, 3.63) is 39.8 Å². The molecule has 1 aliphatic rings. The normalized spacial score (nSPS) is 19.7.